The molecule has 1 unspecified atom stereocenters. The molecule has 0 saturated carbocycles. The zero-order valence-electron chi connectivity index (χ0n) is 13.0. The van der Waals surface area contributed by atoms with Crippen LogP contribution in [-0.2, 0) is 16.4 Å². The average molecular weight is 311 g/mol. The zero-order chi connectivity index (χ0) is 15.7. The summed E-state index contributed by atoms with van der Waals surface area (Å²) in [7, 11) is -2.92. The fraction of sp³-hybridized carbons (Fsp3) is 0.533. The SMILES string of the molecule is CCNC(=NCc1ccccc1)NC(C)CCS(C)(=O)=O. The smallest absolute Gasteiger partial charge is 0.191 e. The Kier molecular flexibility index (Phi) is 7.22. The van der Waals surface area contributed by atoms with Crippen molar-refractivity contribution in [3.05, 3.63) is 35.9 Å². The van der Waals surface area contributed by atoms with Gasteiger partial charge >= 0.3 is 0 Å². The Morgan fingerprint density at radius 2 is 1.95 bits per heavy atom. The van der Waals surface area contributed by atoms with Crippen LogP contribution in [0.5, 0.6) is 0 Å². The van der Waals surface area contributed by atoms with E-state index in [0.29, 0.717) is 18.9 Å². The van der Waals surface area contributed by atoms with Crippen molar-refractivity contribution in [2.24, 2.45) is 4.99 Å². The first kappa shape index (κ1) is 17.5. The summed E-state index contributed by atoms with van der Waals surface area (Å²) in [5.41, 5.74) is 1.14. The van der Waals surface area contributed by atoms with Gasteiger partial charge in [0.2, 0.25) is 0 Å². The minimum Gasteiger partial charge on any atom is -0.357 e. The van der Waals surface area contributed by atoms with Crippen molar-refractivity contribution in [3.63, 3.8) is 0 Å². The molecule has 6 heteroatoms. The second-order valence-electron chi connectivity index (χ2n) is 5.14. The summed E-state index contributed by atoms with van der Waals surface area (Å²) < 4.78 is 22.4. The molecule has 0 spiro atoms. The molecule has 21 heavy (non-hydrogen) atoms. The third-order valence-electron chi connectivity index (χ3n) is 2.91. The van der Waals surface area contributed by atoms with Crippen LogP contribution >= 0.6 is 0 Å². The molecule has 1 rings (SSSR count). The number of benzene rings is 1. The molecule has 0 aliphatic carbocycles. The van der Waals surface area contributed by atoms with Crippen LogP contribution in [0.25, 0.3) is 0 Å². The predicted molar refractivity (Wildman–Crippen MR) is 88.2 cm³/mol. The maximum absolute atomic E-state index is 11.2. The van der Waals surface area contributed by atoms with E-state index in [1.165, 1.54) is 6.26 Å². The Labute approximate surface area is 127 Å². The Morgan fingerprint density at radius 1 is 1.29 bits per heavy atom. The van der Waals surface area contributed by atoms with Crippen molar-refractivity contribution in [1.82, 2.24) is 10.6 Å². The van der Waals surface area contributed by atoms with Crippen LogP contribution in [0.1, 0.15) is 25.8 Å². The van der Waals surface area contributed by atoms with Gasteiger partial charge in [-0.2, -0.15) is 0 Å². The molecular weight excluding hydrogens is 286 g/mol. The zero-order valence-corrected chi connectivity index (χ0v) is 13.8. The lowest BCUT2D eigenvalue weighted by Gasteiger charge is -2.17. The Balaban J connectivity index is 2.56. The molecule has 0 amide bonds. The van der Waals surface area contributed by atoms with E-state index in [-0.39, 0.29) is 11.8 Å². The van der Waals surface area contributed by atoms with Gasteiger partial charge in [0.25, 0.3) is 0 Å². The lowest BCUT2D eigenvalue weighted by Crippen LogP contribution is -2.42. The van der Waals surface area contributed by atoms with Crippen LogP contribution in [0.2, 0.25) is 0 Å². The molecule has 0 radical (unpaired) electrons. The molecule has 5 nitrogen and oxygen atoms in total. The Bertz CT molecular complexity index is 541. The topological polar surface area (TPSA) is 70.6 Å². The second-order valence-corrected chi connectivity index (χ2v) is 7.40. The molecule has 0 aromatic heterocycles. The van der Waals surface area contributed by atoms with E-state index in [2.05, 4.69) is 15.6 Å². The summed E-state index contributed by atoms with van der Waals surface area (Å²) in [4.78, 5) is 4.51. The van der Waals surface area contributed by atoms with Gasteiger partial charge in [-0.25, -0.2) is 13.4 Å². The summed E-state index contributed by atoms with van der Waals surface area (Å²) in [6.45, 7) is 5.32. The number of nitrogens with one attached hydrogen (secondary N) is 2. The second kappa shape index (κ2) is 8.67. The van der Waals surface area contributed by atoms with Crippen LogP contribution in [0.3, 0.4) is 0 Å². The van der Waals surface area contributed by atoms with Gasteiger partial charge in [0.15, 0.2) is 5.96 Å². The van der Waals surface area contributed by atoms with E-state index in [4.69, 9.17) is 0 Å². The standard InChI is InChI=1S/C15H25N3O2S/c1-4-16-15(17-12-14-8-6-5-7-9-14)18-13(2)10-11-21(3,19)20/h5-9,13H,4,10-12H2,1-3H3,(H2,16,17,18). The number of aliphatic imine (C=N–C) groups is 1. The highest BCUT2D eigenvalue weighted by Crippen LogP contribution is 2.00. The first-order chi connectivity index (χ1) is 9.90. The highest BCUT2D eigenvalue weighted by atomic mass is 32.2. The summed E-state index contributed by atoms with van der Waals surface area (Å²) in [5.74, 6) is 0.890. The van der Waals surface area contributed by atoms with Gasteiger partial charge in [-0.3, -0.25) is 0 Å². The van der Waals surface area contributed by atoms with E-state index in [0.717, 1.165) is 12.1 Å². The van der Waals surface area contributed by atoms with Gasteiger partial charge in [0, 0.05) is 18.8 Å². The third kappa shape index (κ3) is 8.34. The highest BCUT2D eigenvalue weighted by Gasteiger charge is 2.09. The first-order valence-corrected chi connectivity index (χ1v) is 9.23. The summed E-state index contributed by atoms with van der Waals surface area (Å²) >= 11 is 0. The molecule has 0 fully saturated rings. The van der Waals surface area contributed by atoms with Crippen molar-refractivity contribution < 1.29 is 8.42 Å². The van der Waals surface area contributed by atoms with E-state index in [1.807, 2.05) is 44.2 Å². The van der Waals surface area contributed by atoms with Crippen LogP contribution in [0.15, 0.2) is 35.3 Å². The van der Waals surface area contributed by atoms with Crippen LogP contribution in [0.4, 0.5) is 0 Å². The van der Waals surface area contributed by atoms with Crippen LogP contribution in [0, 0.1) is 0 Å². The molecule has 0 aliphatic heterocycles. The number of sulfone groups is 1. The Hall–Kier alpha value is -1.56. The van der Waals surface area contributed by atoms with Gasteiger partial charge in [0.1, 0.15) is 9.84 Å². The highest BCUT2D eigenvalue weighted by molar-refractivity contribution is 7.90. The van der Waals surface area contributed by atoms with Crippen LogP contribution < -0.4 is 10.6 Å². The molecule has 0 heterocycles. The van der Waals surface area contributed by atoms with Gasteiger partial charge in [0.05, 0.1) is 12.3 Å². The largest absolute Gasteiger partial charge is 0.357 e. The molecule has 1 aromatic rings. The van der Waals surface area contributed by atoms with Crippen LogP contribution in [-0.4, -0.2) is 39.0 Å². The van der Waals surface area contributed by atoms with Crippen molar-refractivity contribution in [1.29, 1.82) is 0 Å². The summed E-state index contributed by atoms with van der Waals surface area (Å²) in [6.07, 6.45) is 1.82. The predicted octanol–water partition coefficient (Wildman–Crippen LogP) is 1.56. The molecule has 118 valence electrons. The van der Waals surface area contributed by atoms with Crippen molar-refractivity contribution in [2.75, 3.05) is 18.6 Å². The van der Waals surface area contributed by atoms with Gasteiger partial charge < -0.3 is 10.6 Å². The third-order valence-corrected chi connectivity index (χ3v) is 3.89. The normalized spacial score (nSPS) is 13.8. The first-order valence-electron chi connectivity index (χ1n) is 7.17. The number of rotatable bonds is 7. The number of hydrogen-bond acceptors (Lipinski definition) is 3. The molecule has 0 aliphatic rings. The van der Waals surface area contributed by atoms with E-state index in [1.54, 1.807) is 0 Å². The minimum atomic E-state index is -2.92. The molecular formula is C15H25N3O2S. The quantitative estimate of drug-likeness (QED) is 0.592. The van der Waals surface area contributed by atoms with E-state index >= 15 is 0 Å². The monoisotopic (exact) mass is 311 g/mol. The molecule has 0 saturated heterocycles. The van der Waals surface area contributed by atoms with Gasteiger partial charge in [-0.05, 0) is 25.8 Å². The van der Waals surface area contributed by atoms with Crippen molar-refractivity contribution in [3.8, 4) is 0 Å². The lowest BCUT2D eigenvalue weighted by atomic mass is 10.2. The summed E-state index contributed by atoms with van der Waals surface area (Å²) in [5, 5.41) is 6.41. The maximum atomic E-state index is 11.2. The lowest BCUT2D eigenvalue weighted by molar-refractivity contribution is 0.581. The molecule has 1 atom stereocenters. The fourth-order valence-corrected chi connectivity index (χ4v) is 2.55. The van der Waals surface area contributed by atoms with Gasteiger partial charge in [-0.15, -0.1) is 0 Å². The number of nitrogens with zero attached hydrogens (tertiary/aromatic N) is 1. The molecule has 0 bridgehead atoms. The summed E-state index contributed by atoms with van der Waals surface area (Å²) in [6, 6.07) is 10.1. The molecule has 1 aromatic carbocycles. The fourth-order valence-electron chi connectivity index (χ4n) is 1.77. The molecule has 2 N–H and O–H groups in total. The maximum Gasteiger partial charge on any atom is 0.191 e. The van der Waals surface area contributed by atoms with E-state index in [9.17, 15) is 8.42 Å². The van der Waals surface area contributed by atoms with E-state index < -0.39 is 9.84 Å². The number of hydrogen-bond donors (Lipinski definition) is 2. The minimum absolute atomic E-state index is 0.0494. The van der Waals surface area contributed by atoms with Gasteiger partial charge in [-0.1, -0.05) is 30.3 Å². The van der Waals surface area contributed by atoms with Crippen molar-refractivity contribution >= 4 is 15.8 Å². The average Bonchev–Trinajstić information content (AvgIpc) is 2.43. The number of guanidine groups is 1. The van der Waals surface area contributed by atoms with Crippen molar-refractivity contribution in [2.45, 2.75) is 32.9 Å². The Morgan fingerprint density at radius 3 is 2.52 bits per heavy atom.